The van der Waals surface area contributed by atoms with Crippen molar-refractivity contribution in [3.05, 3.63) is 101 Å². The summed E-state index contributed by atoms with van der Waals surface area (Å²) in [6.45, 7) is 2.98. The van der Waals surface area contributed by atoms with Crippen LogP contribution in [0.3, 0.4) is 0 Å². The predicted molar refractivity (Wildman–Crippen MR) is 164 cm³/mol. The number of carbonyl (C=O) groups excluding carboxylic acids is 2. The number of anilines is 1. The summed E-state index contributed by atoms with van der Waals surface area (Å²) >= 11 is 0. The molecule has 0 aliphatic heterocycles. The van der Waals surface area contributed by atoms with E-state index in [-0.39, 0.29) is 30.5 Å². The molecule has 1 atom stereocenters. The lowest BCUT2D eigenvalue weighted by atomic mass is 9.94. The van der Waals surface area contributed by atoms with Crippen LogP contribution in [0.4, 0.5) is 10.1 Å². The van der Waals surface area contributed by atoms with Gasteiger partial charge in [-0.3, -0.25) is 13.9 Å². The Morgan fingerprint density at radius 2 is 1.62 bits per heavy atom. The summed E-state index contributed by atoms with van der Waals surface area (Å²) in [5.41, 5.74) is 3.12. The van der Waals surface area contributed by atoms with Gasteiger partial charge < -0.3 is 10.2 Å². The topological polar surface area (TPSA) is 86.8 Å². The number of benzene rings is 3. The third kappa shape index (κ3) is 8.18. The quantitative estimate of drug-likeness (QED) is 0.327. The molecule has 0 spiro atoms. The number of nitrogens with one attached hydrogen (secondary N) is 1. The molecule has 1 aliphatic rings. The Labute approximate surface area is 248 Å². The molecule has 1 fully saturated rings. The lowest BCUT2D eigenvalue weighted by molar-refractivity contribution is -0.140. The van der Waals surface area contributed by atoms with Crippen LogP contribution in [-0.2, 0) is 32.6 Å². The maximum absolute atomic E-state index is 14.9. The average molecular weight is 594 g/mol. The van der Waals surface area contributed by atoms with E-state index in [1.807, 2.05) is 43.3 Å². The fourth-order valence-corrected chi connectivity index (χ4v) is 6.50. The zero-order chi connectivity index (χ0) is 30.3. The first-order valence-corrected chi connectivity index (χ1v) is 16.3. The Bertz CT molecular complexity index is 1490. The standard InChI is InChI=1S/C33H40FN3O4S/c1-24-18-19-30(25(2)20-24)37(42(3,40)41)23-32(38)36(22-27-14-10-11-17-29(27)34)31(21-26-12-6-4-7-13-26)33(39)35-28-15-8-5-9-16-28/h4,6-7,10-14,17-20,28,31H,5,8-9,15-16,21-23H2,1-3H3,(H,35,39). The van der Waals surface area contributed by atoms with E-state index < -0.39 is 34.3 Å². The summed E-state index contributed by atoms with van der Waals surface area (Å²) in [6, 6.07) is 19.8. The summed E-state index contributed by atoms with van der Waals surface area (Å²) in [6.07, 6.45) is 6.13. The van der Waals surface area contributed by atoms with Crippen LogP contribution in [0.15, 0.2) is 72.8 Å². The van der Waals surface area contributed by atoms with Gasteiger partial charge in [0.25, 0.3) is 0 Å². The Morgan fingerprint density at radius 3 is 2.26 bits per heavy atom. The molecule has 1 saturated carbocycles. The molecule has 0 bridgehead atoms. The molecule has 1 unspecified atom stereocenters. The number of rotatable bonds is 11. The van der Waals surface area contributed by atoms with Crippen LogP contribution in [0.5, 0.6) is 0 Å². The van der Waals surface area contributed by atoms with E-state index in [9.17, 15) is 22.4 Å². The number of nitrogens with zero attached hydrogens (tertiary/aromatic N) is 2. The van der Waals surface area contributed by atoms with Gasteiger partial charge >= 0.3 is 0 Å². The minimum atomic E-state index is -3.88. The van der Waals surface area contributed by atoms with Crippen LogP contribution in [0.25, 0.3) is 0 Å². The minimum Gasteiger partial charge on any atom is -0.352 e. The first-order chi connectivity index (χ1) is 20.0. The van der Waals surface area contributed by atoms with E-state index in [1.54, 1.807) is 37.3 Å². The van der Waals surface area contributed by atoms with Gasteiger partial charge in [0.05, 0.1) is 11.9 Å². The second-order valence-corrected chi connectivity index (χ2v) is 13.1. The lowest BCUT2D eigenvalue weighted by Gasteiger charge is -2.35. The van der Waals surface area contributed by atoms with Crippen molar-refractivity contribution in [1.82, 2.24) is 10.2 Å². The summed E-state index contributed by atoms with van der Waals surface area (Å²) in [7, 11) is -3.88. The molecule has 0 heterocycles. The van der Waals surface area contributed by atoms with Gasteiger partial charge in [0.1, 0.15) is 18.4 Å². The molecule has 3 aromatic carbocycles. The minimum absolute atomic E-state index is 0.00216. The molecule has 42 heavy (non-hydrogen) atoms. The van der Waals surface area contributed by atoms with Gasteiger partial charge in [-0.1, -0.05) is 85.5 Å². The number of aryl methyl sites for hydroxylation is 2. The molecular weight excluding hydrogens is 553 g/mol. The van der Waals surface area contributed by atoms with E-state index in [4.69, 9.17) is 0 Å². The number of sulfonamides is 1. The van der Waals surface area contributed by atoms with Crippen LogP contribution in [0.2, 0.25) is 0 Å². The van der Waals surface area contributed by atoms with Gasteiger partial charge in [0.2, 0.25) is 21.8 Å². The van der Waals surface area contributed by atoms with Crippen molar-refractivity contribution in [3.8, 4) is 0 Å². The molecule has 9 heteroatoms. The monoisotopic (exact) mass is 593 g/mol. The highest BCUT2D eigenvalue weighted by Gasteiger charge is 2.34. The summed E-state index contributed by atoms with van der Waals surface area (Å²) < 4.78 is 42.0. The predicted octanol–water partition coefficient (Wildman–Crippen LogP) is 5.30. The number of hydrogen-bond acceptors (Lipinski definition) is 4. The average Bonchev–Trinajstić information content (AvgIpc) is 2.95. The SMILES string of the molecule is Cc1ccc(N(CC(=O)N(Cc2ccccc2F)C(Cc2ccccc2)C(=O)NC2CCCCC2)S(C)(=O)=O)c(C)c1. The normalized spacial score (nSPS) is 14.7. The van der Waals surface area contributed by atoms with Gasteiger partial charge in [-0.05, 0) is 49.9 Å². The van der Waals surface area contributed by atoms with Gasteiger partial charge in [-0.25, -0.2) is 12.8 Å². The summed E-state index contributed by atoms with van der Waals surface area (Å²) in [4.78, 5) is 29.5. The van der Waals surface area contributed by atoms with Crippen molar-refractivity contribution in [1.29, 1.82) is 0 Å². The molecule has 224 valence electrons. The maximum atomic E-state index is 14.9. The molecule has 1 aliphatic carbocycles. The highest BCUT2D eigenvalue weighted by atomic mass is 32.2. The molecule has 2 amide bonds. The third-order valence-electron chi connectivity index (χ3n) is 7.82. The van der Waals surface area contributed by atoms with Crippen LogP contribution in [0, 0.1) is 19.7 Å². The second kappa shape index (κ2) is 14.0. The van der Waals surface area contributed by atoms with E-state index in [0.29, 0.717) is 11.3 Å². The highest BCUT2D eigenvalue weighted by molar-refractivity contribution is 7.92. The Hall–Kier alpha value is -3.72. The maximum Gasteiger partial charge on any atom is 0.244 e. The van der Waals surface area contributed by atoms with Gasteiger partial charge in [-0.2, -0.15) is 0 Å². The van der Waals surface area contributed by atoms with Crippen molar-refractivity contribution >= 4 is 27.5 Å². The Balaban J connectivity index is 1.74. The van der Waals surface area contributed by atoms with Crippen molar-refractivity contribution in [3.63, 3.8) is 0 Å². The van der Waals surface area contributed by atoms with Crippen LogP contribution < -0.4 is 9.62 Å². The van der Waals surface area contributed by atoms with E-state index in [0.717, 1.165) is 53.8 Å². The van der Waals surface area contributed by atoms with Gasteiger partial charge in [-0.15, -0.1) is 0 Å². The zero-order valence-corrected chi connectivity index (χ0v) is 25.4. The van der Waals surface area contributed by atoms with Crippen molar-refractivity contribution in [2.75, 3.05) is 17.1 Å². The molecular formula is C33H40FN3O4S. The fraction of sp³-hybridized carbons (Fsp3) is 0.394. The fourth-order valence-electron chi connectivity index (χ4n) is 5.59. The molecule has 1 N–H and O–H groups in total. The summed E-state index contributed by atoms with van der Waals surface area (Å²) in [5.74, 6) is -1.42. The molecule has 4 rings (SSSR count). The number of carbonyl (C=O) groups is 2. The second-order valence-electron chi connectivity index (χ2n) is 11.2. The molecule has 7 nitrogen and oxygen atoms in total. The number of halogens is 1. The van der Waals surface area contributed by atoms with Crippen molar-refractivity contribution in [2.45, 2.75) is 71.0 Å². The van der Waals surface area contributed by atoms with Crippen LogP contribution in [-0.4, -0.2) is 50.0 Å². The van der Waals surface area contributed by atoms with Gasteiger partial charge in [0, 0.05) is 24.6 Å². The largest absolute Gasteiger partial charge is 0.352 e. The Kier molecular flexibility index (Phi) is 10.4. The van der Waals surface area contributed by atoms with Crippen LogP contribution >= 0.6 is 0 Å². The first-order valence-electron chi connectivity index (χ1n) is 14.4. The van der Waals surface area contributed by atoms with Gasteiger partial charge in [0.15, 0.2) is 0 Å². The summed E-state index contributed by atoms with van der Waals surface area (Å²) in [5, 5.41) is 3.15. The smallest absolute Gasteiger partial charge is 0.244 e. The van der Waals surface area contributed by atoms with Crippen molar-refractivity contribution in [2.24, 2.45) is 0 Å². The molecule has 0 radical (unpaired) electrons. The highest BCUT2D eigenvalue weighted by Crippen LogP contribution is 2.25. The van der Waals surface area contributed by atoms with E-state index >= 15 is 0 Å². The molecule has 3 aromatic rings. The third-order valence-corrected chi connectivity index (χ3v) is 8.95. The van der Waals surface area contributed by atoms with E-state index in [2.05, 4.69) is 5.32 Å². The van der Waals surface area contributed by atoms with E-state index in [1.165, 1.54) is 11.0 Å². The molecule has 0 saturated heterocycles. The number of hydrogen-bond donors (Lipinski definition) is 1. The van der Waals surface area contributed by atoms with Crippen LogP contribution in [0.1, 0.15) is 54.4 Å². The Morgan fingerprint density at radius 1 is 0.952 bits per heavy atom. The zero-order valence-electron chi connectivity index (χ0n) is 24.6. The lowest BCUT2D eigenvalue weighted by Crippen LogP contribution is -2.55. The number of amides is 2. The molecule has 0 aromatic heterocycles. The van der Waals surface area contributed by atoms with Crippen molar-refractivity contribution < 1.29 is 22.4 Å². The first kappa shape index (κ1) is 31.2.